The zero-order chi connectivity index (χ0) is 22.1. The highest BCUT2D eigenvalue weighted by atomic mass is 35.5. The van der Waals surface area contributed by atoms with Crippen LogP contribution in [0.15, 0.2) is 75.9 Å². The molecule has 162 valence electrons. The van der Waals surface area contributed by atoms with Crippen molar-refractivity contribution in [2.24, 2.45) is 12.2 Å². The first-order valence-electron chi connectivity index (χ1n) is 10.2. The molecule has 2 aromatic heterocycles. The average Bonchev–Trinajstić information content (AvgIpc) is 3.57. The van der Waals surface area contributed by atoms with E-state index in [2.05, 4.69) is 27.8 Å². The number of anilines is 1. The van der Waals surface area contributed by atoms with Gasteiger partial charge >= 0.3 is 0 Å². The van der Waals surface area contributed by atoms with Gasteiger partial charge in [-0.05, 0) is 43.3 Å². The summed E-state index contributed by atoms with van der Waals surface area (Å²) >= 11 is 7.75. The van der Waals surface area contributed by atoms with Crippen LogP contribution in [0, 0.1) is 0 Å². The molecule has 1 aliphatic rings. The van der Waals surface area contributed by atoms with Gasteiger partial charge in [0.05, 0.1) is 5.69 Å². The molecule has 4 aromatic rings. The first-order chi connectivity index (χ1) is 15.6. The van der Waals surface area contributed by atoms with E-state index in [-0.39, 0.29) is 0 Å². The summed E-state index contributed by atoms with van der Waals surface area (Å²) < 4.78 is 4.00. The van der Waals surface area contributed by atoms with Crippen LogP contribution < -0.4 is 4.90 Å². The lowest BCUT2D eigenvalue weighted by atomic mass is 10.1. The summed E-state index contributed by atoms with van der Waals surface area (Å²) in [7, 11) is 2.03. The van der Waals surface area contributed by atoms with E-state index in [0.717, 1.165) is 44.9 Å². The Morgan fingerprint density at radius 2 is 1.91 bits per heavy atom. The zero-order valence-electron chi connectivity index (χ0n) is 17.6. The molecule has 7 nitrogen and oxygen atoms in total. The Balaban J connectivity index is 1.66. The Hall–Kier alpha value is -3.23. The fourth-order valence-corrected chi connectivity index (χ4v) is 4.65. The lowest BCUT2D eigenvalue weighted by Crippen LogP contribution is -2.18. The Morgan fingerprint density at radius 3 is 2.62 bits per heavy atom. The number of rotatable bonds is 6. The van der Waals surface area contributed by atoms with Crippen LogP contribution in [0.4, 0.5) is 5.69 Å². The summed E-state index contributed by atoms with van der Waals surface area (Å²) in [6, 6.07) is 18.0. The van der Waals surface area contributed by atoms with Crippen molar-refractivity contribution in [1.29, 1.82) is 0 Å². The number of aryl methyl sites for hydroxylation is 1. The van der Waals surface area contributed by atoms with Gasteiger partial charge in [-0.1, -0.05) is 46.7 Å². The second-order valence-corrected chi connectivity index (χ2v) is 8.73. The Bertz CT molecular complexity index is 1280. The minimum atomic E-state index is 0.372. The van der Waals surface area contributed by atoms with Crippen molar-refractivity contribution in [2.75, 3.05) is 11.6 Å². The highest BCUT2D eigenvalue weighted by Gasteiger charge is 2.24. The second-order valence-electron chi connectivity index (χ2n) is 7.23. The average molecular weight is 465 g/mol. The number of hydrogen-bond donors (Lipinski definition) is 0. The molecule has 0 saturated heterocycles. The Labute approximate surface area is 195 Å². The zero-order valence-corrected chi connectivity index (χ0v) is 19.2. The van der Waals surface area contributed by atoms with Gasteiger partial charge in [-0.2, -0.15) is 5.10 Å². The maximum absolute atomic E-state index is 6.10. The number of aromatic nitrogens is 4. The maximum atomic E-state index is 6.10. The third-order valence-electron chi connectivity index (χ3n) is 5.19. The van der Waals surface area contributed by atoms with Gasteiger partial charge in [0, 0.05) is 35.3 Å². The molecule has 9 heteroatoms. The third kappa shape index (κ3) is 3.87. The molecule has 0 aliphatic carbocycles. The van der Waals surface area contributed by atoms with E-state index in [1.165, 1.54) is 0 Å². The van der Waals surface area contributed by atoms with Gasteiger partial charge in [-0.25, -0.2) is 4.98 Å². The smallest absolute Gasteiger partial charge is 0.194 e. The number of oxime groups is 1. The SMILES string of the molecule is CCn1ccc(-c2nc(-c3ccccc3N3C=NOC3)c(Sc3ccc(Cl)cc3)n2C)n1. The van der Waals surface area contributed by atoms with Crippen molar-refractivity contribution < 1.29 is 4.84 Å². The fourth-order valence-electron chi connectivity index (χ4n) is 3.55. The van der Waals surface area contributed by atoms with Crippen molar-refractivity contribution in [3.05, 3.63) is 65.8 Å². The molecular weight excluding hydrogens is 444 g/mol. The molecule has 1 aliphatic heterocycles. The molecule has 0 saturated carbocycles. The van der Waals surface area contributed by atoms with Crippen molar-refractivity contribution in [2.45, 2.75) is 23.4 Å². The number of imidazole rings is 1. The molecule has 2 aromatic carbocycles. The van der Waals surface area contributed by atoms with Gasteiger partial charge in [0.15, 0.2) is 12.6 Å². The fraction of sp³-hybridized carbons (Fsp3) is 0.174. The molecule has 0 radical (unpaired) electrons. The van der Waals surface area contributed by atoms with Gasteiger partial charge in [-0.3, -0.25) is 9.58 Å². The number of nitrogens with zero attached hydrogens (tertiary/aromatic N) is 6. The number of halogens is 1. The largest absolute Gasteiger partial charge is 0.372 e. The van der Waals surface area contributed by atoms with Crippen LogP contribution in [0.5, 0.6) is 0 Å². The minimum Gasteiger partial charge on any atom is -0.372 e. The second kappa shape index (κ2) is 8.72. The van der Waals surface area contributed by atoms with Crippen molar-refractivity contribution >= 4 is 35.4 Å². The van der Waals surface area contributed by atoms with Crippen molar-refractivity contribution in [3.8, 4) is 22.8 Å². The van der Waals surface area contributed by atoms with Crippen LogP contribution >= 0.6 is 23.4 Å². The van der Waals surface area contributed by atoms with Crippen LogP contribution in [0.2, 0.25) is 5.02 Å². The molecule has 32 heavy (non-hydrogen) atoms. The van der Waals surface area contributed by atoms with E-state index in [1.807, 2.05) is 71.4 Å². The number of benzene rings is 2. The van der Waals surface area contributed by atoms with Crippen molar-refractivity contribution in [3.63, 3.8) is 0 Å². The molecule has 0 fully saturated rings. The van der Waals surface area contributed by atoms with Crippen LogP contribution in [0.3, 0.4) is 0 Å². The summed E-state index contributed by atoms with van der Waals surface area (Å²) in [6.45, 7) is 3.25. The summed E-state index contributed by atoms with van der Waals surface area (Å²) in [6.07, 6.45) is 3.67. The van der Waals surface area contributed by atoms with Gasteiger partial charge in [0.1, 0.15) is 22.8 Å². The quantitative estimate of drug-likeness (QED) is 0.376. The van der Waals surface area contributed by atoms with E-state index in [4.69, 9.17) is 21.4 Å². The normalized spacial score (nSPS) is 13.0. The van der Waals surface area contributed by atoms with E-state index >= 15 is 0 Å². The predicted molar refractivity (Wildman–Crippen MR) is 128 cm³/mol. The molecule has 0 unspecified atom stereocenters. The highest BCUT2D eigenvalue weighted by Crippen LogP contribution is 2.41. The van der Waals surface area contributed by atoms with Crippen molar-refractivity contribution in [1.82, 2.24) is 19.3 Å². The summed E-state index contributed by atoms with van der Waals surface area (Å²) in [5.74, 6) is 0.810. The van der Waals surface area contributed by atoms with Gasteiger partial charge < -0.3 is 9.40 Å². The monoisotopic (exact) mass is 464 g/mol. The summed E-state index contributed by atoms with van der Waals surface area (Å²) in [4.78, 5) is 13.3. The van der Waals surface area contributed by atoms with Crippen LogP contribution in [-0.4, -0.2) is 32.4 Å². The van der Waals surface area contributed by atoms with E-state index in [1.54, 1.807) is 18.1 Å². The number of para-hydroxylation sites is 1. The standard InChI is InChI=1S/C23H21ClN6OS/c1-3-30-13-12-19(27-30)22-26-21(18-6-4-5-7-20(18)29-14-25-31-15-29)23(28(22)2)32-17-10-8-16(24)9-11-17/h4-14H,3,15H2,1-2H3. The topological polar surface area (TPSA) is 60.5 Å². The lowest BCUT2D eigenvalue weighted by molar-refractivity contribution is 0.174. The summed E-state index contributed by atoms with van der Waals surface area (Å²) in [5.41, 5.74) is 3.69. The predicted octanol–water partition coefficient (Wildman–Crippen LogP) is 5.51. The van der Waals surface area contributed by atoms with E-state index < -0.39 is 0 Å². The highest BCUT2D eigenvalue weighted by molar-refractivity contribution is 7.99. The first-order valence-corrected chi connectivity index (χ1v) is 11.4. The molecule has 0 amide bonds. The Morgan fingerprint density at radius 1 is 1.09 bits per heavy atom. The van der Waals surface area contributed by atoms with E-state index in [9.17, 15) is 0 Å². The molecule has 0 bridgehead atoms. The molecule has 3 heterocycles. The van der Waals surface area contributed by atoms with E-state index in [0.29, 0.717) is 11.8 Å². The first kappa shape index (κ1) is 20.7. The number of hydrogen-bond acceptors (Lipinski definition) is 6. The molecule has 0 N–H and O–H groups in total. The molecule has 5 rings (SSSR count). The maximum Gasteiger partial charge on any atom is 0.194 e. The van der Waals surface area contributed by atoms with Gasteiger partial charge in [0.2, 0.25) is 0 Å². The molecule has 0 atom stereocenters. The van der Waals surface area contributed by atoms with Crippen LogP contribution in [0.25, 0.3) is 22.8 Å². The molecule has 0 spiro atoms. The minimum absolute atomic E-state index is 0.372. The third-order valence-corrected chi connectivity index (χ3v) is 6.61. The lowest BCUT2D eigenvalue weighted by Gasteiger charge is -2.16. The Kier molecular flexibility index (Phi) is 5.63. The molecular formula is C23H21ClN6OS. The van der Waals surface area contributed by atoms with Crippen LogP contribution in [0.1, 0.15) is 6.92 Å². The van der Waals surface area contributed by atoms with Gasteiger partial charge in [-0.15, -0.1) is 0 Å². The summed E-state index contributed by atoms with van der Waals surface area (Å²) in [5, 5.41) is 10.3. The van der Waals surface area contributed by atoms with Crippen LogP contribution in [-0.2, 0) is 18.4 Å². The van der Waals surface area contributed by atoms with Gasteiger partial charge in [0.25, 0.3) is 0 Å².